The molecule has 3 aliphatic rings. The highest BCUT2D eigenvalue weighted by Crippen LogP contribution is 2.43. The summed E-state index contributed by atoms with van der Waals surface area (Å²) in [5.74, 6) is 3.43. The van der Waals surface area contributed by atoms with Gasteiger partial charge in [0.1, 0.15) is 0 Å². The standard InChI is InChI=1S/C21H35N3O2/c1-25-14-13-20-22-21(26-23-20)15-24(17-11-12-17)19-10-6-5-9-18(19)16-7-3-2-4-8-16/h16-19H,2-15H2,1H3/t18-,19-/m1/s1. The molecule has 146 valence electrons. The van der Waals surface area contributed by atoms with Crippen LogP contribution >= 0.6 is 0 Å². The molecule has 3 aliphatic carbocycles. The summed E-state index contributed by atoms with van der Waals surface area (Å²) < 4.78 is 10.7. The van der Waals surface area contributed by atoms with Crippen molar-refractivity contribution in [1.29, 1.82) is 0 Å². The fourth-order valence-corrected chi connectivity index (χ4v) is 5.39. The number of methoxy groups -OCH3 is 1. The summed E-state index contributed by atoms with van der Waals surface area (Å²) in [7, 11) is 1.71. The van der Waals surface area contributed by atoms with E-state index in [-0.39, 0.29) is 0 Å². The molecule has 0 amide bonds. The molecule has 1 aromatic heterocycles. The van der Waals surface area contributed by atoms with Gasteiger partial charge in [-0.25, -0.2) is 0 Å². The molecule has 3 saturated carbocycles. The van der Waals surface area contributed by atoms with Gasteiger partial charge in [0.05, 0.1) is 13.2 Å². The van der Waals surface area contributed by atoms with Gasteiger partial charge >= 0.3 is 0 Å². The van der Waals surface area contributed by atoms with Gasteiger partial charge in [-0.05, 0) is 37.5 Å². The lowest BCUT2D eigenvalue weighted by Gasteiger charge is -2.44. The maximum atomic E-state index is 5.58. The van der Waals surface area contributed by atoms with Crippen molar-refractivity contribution in [2.24, 2.45) is 11.8 Å². The van der Waals surface area contributed by atoms with Crippen LogP contribution in [0.5, 0.6) is 0 Å². The smallest absolute Gasteiger partial charge is 0.240 e. The topological polar surface area (TPSA) is 51.4 Å². The lowest BCUT2D eigenvalue weighted by molar-refractivity contribution is 0.0390. The molecule has 3 fully saturated rings. The van der Waals surface area contributed by atoms with Gasteiger partial charge in [0, 0.05) is 25.6 Å². The highest BCUT2D eigenvalue weighted by Gasteiger charge is 2.41. The minimum atomic E-state index is 0.650. The average molecular weight is 362 g/mol. The van der Waals surface area contributed by atoms with E-state index in [0.717, 1.165) is 48.6 Å². The normalized spacial score (nSPS) is 27.9. The van der Waals surface area contributed by atoms with Gasteiger partial charge in [-0.2, -0.15) is 4.98 Å². The zero-order valence-electron chi connectivity index (χ0n) is 16.4. The molecule has 1 heterocycles. The van der Waals surface area contributed by atoms with E-state index in [1.165, 1.54) is 70.6 Å². The Morgan fingerprint density at radius 3 is 2.54 bits per heavy atom. The van der Waals surface area contributed by atoms with Crippen molar-refractivity contribution in [3.8, 4) is 0 Å². The first-order chi connectivity index (χ1) is 12.8. The molecular formula is C21H35N3O2. The Bertz CT molecular complexity index is 551. The minimum Gasteiger partial charge on any atom is -0.384 e. The highest BCUT2D eigenvalue weighted by molar-refractivity contribution is 4.97. The van der Waals surface area contributed by atoms with Crippen molar-refractivity contribution < 1.29 is 9.26 Å². The summed E-state index contributed by atoms with van der Waals surface area (Å²) >= 11 is 0. The molecule has 0 bridgehead atoms. The van der Waals surface area contributed by atoms with Crippen molar-refractivity contribution in [2.75, 3.05) is 13.7 Å². The molecular weight excluding hydrogens is 326 g/mol. The van der Waals surface area contributed by atoms with Gasteiger partial charge < -0.3 is 9.26 Å². The third kappa shape index (κ3) is 4.48. The van der Waals surface area contributed by atoms with Crippen LogP contribution in [0.3, 0.4) is 0 Å². The molecule has 0 aliphatic heterocycles. The number of ether oxygens (including phenoxy) is 1. The molecule has 4 rings (SSSR count). The summed E-state index contributed by atoms with van der Waals surface area (Å²) in [5, 5.41) is 4.15. The van der Waals surface area contributed by atoms with Gasteiger partial charge in [0.2, 0.25) is 5.89 Å². The Kier molecular flexibility index (Phi) is 6.26. The number of rotatable bonds is 8. The second kappa shape index (κ2) is 8.83. The van der Waals surface area contributed by atoms with E-state index >= 15 is 0 Å². The molecule has 0 aromatic carbocycles. The van der Waals surface area contributed by atoms with Gasteiger partial charge in [-0.3, -0.25) is 4.90 Å². The van der Waals surface area contributed by atoms with Crippen molar-refractivity contribution in [1.82, 2.24) is 15.0 Å². The monoisotopic (exact) mass is 361 g/mol. The van der Waals surface area contributed by atoms with E-state index < -0.39 is 0 Å². The Hall–Kier alpha value is -0.940. The minimum absolute atomic E-state index is 0.650. The summed E-state index contributed by atoms with van der Waals surface area (Å²) in [6.45, 7) is 1.50. The lowest BCUT2D eigenvalue weighted by atomic mass is 9.70. The number of aromatic nitrogens is 2. The molecule has 0 radical (unpaired) electrons. The first kappa shape index (κ1) is 18.4. The first-order valence-electron chi connectivity index (χ1n) is 10.9. The average Bonchev–Trinajstić information content (AvgIpc) is 3.44. The van der Waals surface area contributed by atoms with Crippen LogP contribution in [0.4, 0.5) is 0 Å². The van der Waals surface area contributed by atoms with Crippen molar-refractivity contribution in [3.05, 3.63) is 11.7 Å². The third-order valence-corrected chi connectivity index (χ3v) is 6.84. The molecule has 0 spiro atoms. The Morgan fingerprint density at radius 1 is 1.00 bits per heavy atom. The zero-order chi connectivity index (χ0) is 17.8. The van der Waals surface area contributed by atoms with Crippen LogP contribution in [0.2, 0.25) is 0 Å². The molecule has 5 nitrogen and oxygen atoms in total. The van der Waals surface area contributed by atoms with Crippen LogP contribution < -0.4 is 0 Å². The summed E-state index contributed by atoms with van der Waals surface area (Å²) in [6, 6.07) is 1.48. The fraction of sp³-hybridized carbons (Fsp3) is 0.905. The Balaban J connectivity index is 1.44. The zero-order valence-corrected chi connectivity index (χ0v) is 16.4. The van der Waals surface area contributed by atoms with E-state index in [0.29, 0.717) is 6.61 Å². The highest BCUT2D eigenvalue weighted by atomic mass is 16.5. The molecule has 26 heavy (non-hydrogen) atoms. The quantitative estimate of drug-likeness (QED) is 0.688. The number of hydrogen-bond acceptors (Lipinski definition) is 5. The van der Waals surface area contributed by atoms with Crippen LogP contribution in [-0.2, 0) is 17.7 Å². The second-order valence-electron chi connectivity index (χ2n) is 8.66. The van der Waals surface area contributed by atoms with Crippen LogP contribution in [0.15, 0.2) is 4.52 Å². The first-order valence-corrected chi connectivity index (χ1v) is 10.9. The van der Waals surface area contributed by atoms with Crippen molar-refractivity contribution in [3.63, 3.8) is 0 Å². The number of nitrogens with zero attached hydrogens (tertiary/aromatic N) is 3. The number of hydrogen-bond donors (Lipinski definition) is 0. The van der Waals surface area contributed by atoms with Crippen LogP contribution in [0.1, 0.15) is 82.3 Å². The molecule has 0 unspecified atom stereocenters. The van der Waals surface area contributed by atoms with Gasteiger partial charge in [-0.15, -0.1) is 0 Å². The summed E-state index contributed by atoms with van der Waals surface area (Å²) in [4.78, 5) is 7.39. The van der Waals surface area contributed by atoms with Crippen molar-refractivity contribution >= 4 is 0 Å². The Labute approximate surface area is 157 Å². The summed E-state index contributed by atoms with van der Waals surface area (Å²) in [6.07, 6.45) is 16.3. The fourth-order valence-electron chi connectivity index (χ4n) is 5.39. The molecule has 2 atom stereocenters. The van der Waals surface area contributed by atoms with Crippen LogP contribution in [0.25, 0.3) is 0 Å². The van der Waals surface area contributed by atoms with Crippen molar-refractivity contribution in [2.45, 2.75) is 95.7 Å². The lowest BCUT2D eigenvalue weighted by Crippen LogP contribution is -2.46. The van der Waals surface area contributed by atoms with E-state index in [4.69, 9.17) is 9.26 Å². The molecule has 0 N–H and O–H groups in total. The SMILES string of the molecule is COCCc1noc(CN(C2CC2)[C@@H]2CCCC[C@@H]2C2CCCCC2)n1. The van der Waals surface area contributed by atoms with E-state index in [2.05, 4.69) is 15.0 Å². The molecule has 1 aromatic rings. The molecule has 5 heteroatoms. The maximum Gasteiger partial charge on any atom is 0.240 e. The van der Waals surface area contributed by atoms with Gasteiger partial charge in [-0.1, -0.05) is 50.1 Å². The Morgan fingerprint density at radius 2 is 1.77 bits per heavy atom. The van der Waals surface area contributed by atoms with E-state index in [1.54, 1.807) is 7.11 Å². The van der Waals surface area contributed by atoms with E-state index in [9.17, 15) is 0 Å². The predicted molar refractivity (Wildman–Crippen MR) is 101 cm³/mol. The predicted octanol–water partition coefficient (Wildman–Crippen LogP) is 4.36. The second-order valence-corrected chi connectivity index (χ2v) is 8.66. The molecule has 0 saturated heterocycles. The largest absolute Gasteiger partial charge is 0.384 e. The van der Waals surface area contributed by atoms with Crippen LogP contribution in [-0.4, -0.2) is 40.8 Å². The van der Waals surface area contributed by atoms with Gasteiger partial charge in [0.15, 0.2) is 5.82 Å². The third-order valence-electron chi connectivity index (χ3n) is 6.84. The van der Waals surface area contributed by atoms with E-state index in [1.807, 2.05) is 0 Å². The maximum absolute atomic E-state index is 5.58. The van der Waals surface area contributed by atoms with Crippen LogP contribution in [0, 0.1) is 11.8 Å². The summed E-state index contributed by atoms with van der Waals surface area (Å²) in [5.41, 5.74) is 0. The van der Waals surface area contributed by atoms with Gasteiger partial charge in [0.25, 0.3) is 0 Å².